The fraction of sp³-hybridized carbons (Fsp3) is 0.389. The Bertz CT molecular complexity index is 1560. The Morgan fingerprint density at radius 3 is 1.12 bits per heavy atom. The zero-order chi connectivity index (χ0) is 37.3. The Kier molecular flexibility index (Phi) is 24.3. The van der Waals surface area contributed by atoms with Gasteiger partial charge in [-0.25, -0.2) is 0 Å². The number of hydrogen-bond acceptors (Lipinski definition) is 12. The molecule has 0 aliphatic carbocycles. The molecule has 2 aliphatic rings. The van der Waals surface area contributed by atoms with Crippen molar-refractivity contribution in [3.63, 3.8) is 0 Å². The van der Waals surface area contributed by atoms with Gasteiger partial charge in [0.1, 0.15) is 0 Å². The van der Waals surface area contributed by atoms with Gasteiger partial charge in [-0.3, -0.25) is 9.80 Å². The molecule has 2 aliphatic heterocycles. The van der Waals surface area contributed by atoms with Crippen molar-refractivity contribution in [2.75, 3.05) is 26.2 Å². The fourth-order valence-corrected chi connectivity index (χ4v) is 5.64. The number of likely N-dealkylation sites (tertiary alicyclic amines) is 2. The van der Waals surface area contributed by atoms with Gasteiger partial charge in [0, 0.05) is 25.0 Å². The molecule has 2 saturated heterocycles. The third-order valence-corrected chi connectivity index (χ3v) is 7.66. The van der Waals surface area contributed by atoms with Crippen LogP contribution in [0.5, 0.6) is 11.5 Å². The maximum absolute atomic E-state index is 12.1. The van der Waals surface area contributed by atoms with Gasteiger partial charge in [-0.05, 0) is 98.4 Å². The second-order valence-electron chi connectivity index (χ2n) is 11.4. The van der Waals surface area contributed by atoms with Crippen molar-refractivity contribution in [2.24, 2.45) is 0 Å². The van der Waals surface area contributed by atoms with Crippen molar-refractivity contribution < 1.29 is 94.6 Å². The molecule has 12 nitrogen and oxygen atoms in total. The van der Waals surface area contributed by atoms with Gasteiger partial charge < -0.3 is 30.0 Å². The Morgan fingerprint density at radius 1 is 0.540 bits per heavy atom. The summed E-state index contributed by atoms with van der Waals surface area (Å²) in [5.41, 5.74) is 1.94. The molecule has 0 aromatic heterocycles. The summed E-state index contributed by atoms with van der Waals surface area (Å²) in [6.45, 7) is 8.07. The fourth-order valence-electron chi connectivity index (χ4n) is 5.64. The van der Waals surface area contributed by atoms with Crippen LogP contribution < -0.4 is 20.4 Å². The minimum atomic E-state index is -2.51. The molecule has 4 aromatic carbocycles. The normalized spacial score (nSPS) is 13.6. The summed E-state index contributed by atoms with van der Waals surface area (Å²) < 4.78 is 34.3. The summed E-state index contributed by atoms with van der Waals surface area (Å²) >= 11 is -5.01. The van der Waals surface area contributed by atoms with E-state index in [9.17, 15) is 10.2 Å². The van der Waals surface area contributed by atoms with Gasteiger partial charge in [-0.15, -0.1) is 11.5 Å². The average molecular weight is 1140 g/mol. The number of aliphatic carboxylic acids is 2. The predicted molar refractivity (Wildman–Crippen MR) is 169 cm³/mol. The number of carboxylic acids is 2. The summed E-state index contributed by atoms with van der Waals surface area (Å²) in [5, 5.41) is 46.5. The molecule has 0 atom stereocenters. The van der Waals surface area contributed by atoms with Crippen LogP contribution >= 0.6 is 0 Å². The Labute approximate surface area is 322 Å². The van der Waals surface area contributed by atoms with E-state index in [1.54, 1.807) is 12.1 Å². The van der Waals surface area contributed by atoms with Gasteiger partial charge >= 0.3 is 64.6 Å². The van der Waals surface area contributed by atoms with Crippen molar-refractivity contribution in [3.05, 3.63) is 83.9 Å². The first-order valence-electron chi connectivity index (χ1n) is 16.1. The summed E-state index contributed by atoms with van der Waals surface area (Å²) in [5.74, 6) is -1.81. The molecule has 2 fully saturated rings. The number of carbonyl (C=O) groups is 2. The van der Waals surface area contributed by atoms with Crippen LogP contribution in [0.4, 0.5) is 0 Å². The molecule has 6 rings (SSSR count). The van der Waals surface area contributed by atoms with E-state index in [-0.39, 0.29) is 11.5 Å². The van der Waals surface area contributed by atoms with Crippen LogP contribution in [0.15, 0.2) is 72.8 Å². The zero-order valence-electron chi connectivity index (χ0n) is 28.4. The van der Waals surface area contributed by atoms with Crippen LogP contribution in [0.3, 0.4) is 0 Å². The number of fused-ring (bicyclic) bond motifs is 2. The summed E-state index contributed by atoms with van der Waals surface area (Å²) in [4.78, 5) is 22.6. The predicted octanol–water partition coefficient (Wildman–Crippen LogP) is 2.84. The molecule has 4 aromatic rings. The number of carboxylic acid groups (broad SMARTS) is 2. The van der Waals surface area contributed by atoms with Crippen LogP contribution in [0.2, 0.25) is 0 Å². The topological polar surface area (TPSA) is 201 Å². The van der Waals surface area contributed by atoms with Crippen molar-refractivity contribution in [1.29, 1.82) is 0 Å². The molecule has 2 heterocycles. The average Bonchev–Trinajstić information content (AvgIpc) is 3.09. The first-order chi connectivity index (χ1) is 24.0. The molecule has 0 amide bonds. The van der Waals surface area contributed by atoms with E-state index in [0.717, 1.165) is 75.0 Å². The first kappa shape index (κ1) is 45.2. The van der Waals surface area contributed by atoms with Crippen LogP contribution in [0.1, 0.15) is 63.5 Å². The summed E-state index contributed by atoms with van der Waals surface area (Å²) in [6.07, 6.45) is 7.71. The van der Waals surface area contributed by atoms with E-state index in [4.69, 9.17) is 28.7 Å². The monoisotopic (exact) mass is 1140 g/mol. The van der Waals surface area contributed by atoms with Crippen LogP contribution in [-0.2, 0) is 31.6 Å². The number of benzene rings is 4. The first-order valence-corrected chi connectivity index (χ1v) is 22.9. The third kappa shape index (κ3) is 18.4. The molecule has 264 valence electrons. The summed E-state index contributed by atoms with van der Waals surface area (Å²) in [6, 6.07) is 23.6. The van der Waals surface area contributed by atoms with Crippen molar-refractivity contribution in [1.82, 2.24) is 9.80 Å². The number of rotatable bonds is 4. The molecule has 0 radical (unpaired) electrons. The number of carbonyl (C=O) groups excluding carboxylic acids is 2. The SMILES string of the molecule is CC(=O)[O-].CC(=O)[O-].[O-]c1ccc2ccccc2c1CN1CCCCC1.[O-]c1ccc2ccccc2c1CN1CCCCC1.[O]=[U+2]=[O].[O]=[U+2]=[O]. The molecule has 0 bridgehead atoms. The molecule has 0 saturated carbocycles. The van der Waals surface area contributed by atoms with Crippen LogP contribution in [0, 0.1) is 55.6 Å². The van der Waals surface area contributed by atoms with Gasteiger partial charge in [0.2, 0.25) is 0 Å². The molecule has 0 spiro atoms. The van der Waals surface area contributed by atoms with E-state index < -0.39 is 67.6 Å². The molecule has 0 N–H and O–H groups in total. The molecule has 14 heteroatoms. The van der Waals surface area contributed by atoms with E-state index in [1.807, 2.05) is 36.4 Å². The molecule has 0 unspecified atom stereocenters. The number of piperidine rings is 2. The quantitative estimate of drug-likeness (QED) is 0.290. The minimum absolute atomic E-state index is 0.180. The zero-order valence-corrected chi connectivity index (χ0v) is 36.7. The Morgan fingerprint density at radius 2 is 0.820 bits per heavy atom. The van der Waals surface area contributed by atoms with Gasteiger partial charge in [-0.2, -0.15) is 0 Å². The second-order valence-corrected chi connectivity index (χ2v) is 12.7. The van der Waals surface area contributed by atoms with E-state index >= 15 is 0 Å². The Hall–Kier alpha value is -2.84. The number of nitrogens with zero attached hydrogens (tertiary/aromatic N) is 2. The second kappa shape index (κ2) is 26.9. The van der Waals surface area contributed by atoms with E-state index in [2.05, 4.69) is 34.1 Å². The van der Waals surface area contributed by atoms with Gasteiger partial charge in [0.15, 0.2) is 0 Å². The van der Waals surface area contributed by atoms with Crippen molar-refractivity contribution >= 4 is 33.5 Å². The van der Waals surface area contributed by atoms with Gasteiger partial charge in [0.25, 0.3) is 0 Å². The van der Waals surface area contributed by atoms with Gasteiger partial charge in [-0.1, -0.05) is 85.6 Å². The summed E-state index contributed by atoms with van der Waals surface area (Å²) in [7, 11) is 0. The van der Waals surface area contributed by atoms with Crippen LogP contribution in [0.25, 0.3) is 21.5 Å². The van der Waals surface area contributed by atoms with Crippen LogP contribution in [-0.4, -0.2) is 47.9 Å². The van der Waals surface area contributed by atoms with Crippen molar-refractivity contribution in [3.8, 4) is 11.5 Å². The molecular weight excluding hydrogens is 1100 g/mol. The molecular formula is C36H42N2O10U2. The standard InChI is InChI=1S/2C16H19NO.2C2H4O2.4O.2U/c2*18-16-9-8-13-6-2-3-7-14(13)15(16)12-17-10-4-1-5-11-17;2*1-2(3)4;;;;;;/h2*2-3,6-9,18H,1,4-5,10-12H2;2*1H3,(H,3,4);;;;;;/q;;;;;;;;2*+2/p-4. The van der Waals surface area contributed by atoms with E-state index in [0.29, 0.717) is 0 Å². The Balaban J connectivity index is 0.000000366. The van der Waals surface area contributed by atoms with Crippen molar-refractivity contribution in [2.45, 2.75) is 65.5 Å². The maximum atomic E-state index is 12.1. The third-order valence-electron chi connectivity index (χ3n) is 7.66. The van der Waals surface area contributed by atoms with E-state index in [1.165, 1.54) is 49.3 Å². The van der Waals surface area contributed by atoms with Gasteiger partial charge in [0.05, 0.1) is 0 Å². The molecule has 50 heavy (non-hydrogen) atoms. The number of hydrogen-bond donors (Lipinski definition) is 0.